The second kappa shape index (κ2) is 2.31. The van der Waals surface area contributed by atoms with Crippen LogP contribution >= 0.6 is 0 Å². The first-order valence-electron chi connectivity index (χ1n) is 3.40. The zero-order valence-electron chi connectivity index (χ0n) is 5.99. The molecule has 53 valence electrons. The third-order valence-corrected chi connectivity index (χ3v) is 1.52. The SMILES string of the molecule is [CH2]c1ccc2cccnc2n1. The van der Waals surface area contributed by atoms with Crippen LogP contribution in [0.2, 0.25) is 0 Å². The second-order valence-corrected chi connectivity index (χ2v) is 2.35. The van der Waals surface area contributed by atoms with Crippen LogP contribution in [0.15, 0.2) is 30.5 Å². The molecule has 0 N–H and O–H groups in total. The van der Waals surface area contributed by atoms with Crippen molar-refractivity contribution in [3.8, 4) is 0 Å². The van der Waals surface area contributed by atoms with E-state index in [2.05, 4.69) is 16.9 Å². The van der Waals surface area contributed by atoms with Gasteiger partial charge >= 0.3 is 0 Å². The number of hydrogen-bond donors (Lipinski definition) is 0. The van der Waals surface area contributed by atoms with Crippen molar-refractivity contribution >= 4 is 11.0 Å². The Balaban J connectivity index is 2.83. The van der Waals surface area contributed by atoms with Crippen LogP contribution in [-0.2, 0) is 0 Å². The lowest BCUT2D eigenvalue weighted by atomic mass is 10.3. The van der Waals surface area contributed by atoms with Gasteiger partial charge < -0.3 is 0 Å². The van der Waals surface area contributed by atoms with Gasteiger partial charge in [-0.15, -0.1) is 0 Å². The topological polar surface area (TPSA) is 25.8 Å². The van der Waals surface area contributed by atoms with Gasteiger partial charge in [-0.25, -0.2) is 9.97 Å². The zero-order valence-corrected chi connectivity index (χ0v) is 5.99. The Hall–Kier alpha value is -1.44. The molecule has 2 aromatic heterocycles. The predicted molar refractivity (Wildman–Crippen MR) is 44.0 cm³/mol. The number of aromatic nitrogens is 2. The molecule has 0 aliphatic carbocycles. The quantitative estimate of drug-likeness (QED) is 0.562. The minimum absolute atomic E-state index is 0.760. The number of rotatable bonds is 0. The Kier molecular flexibility index (Phi) is 1.32. The van der Waals surface area contributed by atoms with Crippen molar-refractivity contribution < 1.29 is 0 Å². The van der Waals surface area contributed by atoms with Gasteiger partial charge in [-0.2, -0.15) is 0 Å². The van der Waals surface area contributed by atoms with E-state index in [1.165, 1.54) is 0 Å². The normalized spacial score (nSPS) is 10.3. The maximum absolute atomic E-state index is 4.15. The van der Waals surface area contributed by atoms with Crippen LogP contribution < -0.4 is 0 Å². The minimum Gasteiger partial charge on any atom is -0.237 e. The summed E-state index contributed by atoms with van der Waals surface area (Å²) in [5, 5.41) is 1.06. The van der Waals surface area contributed by atoms with E-state index in [9.17, 15) is 0 Å². The first-order valence-corrected chi connectivity index (χ1v) is 3.40. The first-order chi connectivity index (χ1) is 5.36. The molecule has 2 aromatic rings. The lowest BCUT2D eigenvalue weighted by Gasteiger charge is -1.94. The van der Waals surface area contributed by atoms with Crippen LogP contribution in [0.1, 0.15) is 5.69 Å². The lowest BCUT2D eigenvalue weighted by molar-refractivity contribution is 1.25. The summed E-state index contributed by atoms with van der Waals surface area (Å²) in [6, 6.07) is 7.73. The summed E-state index contributed by atoms with van der Waals surface area (Å²) < 4.78 is 0. The molecule has 2 heteroatoms. The molecule has 0 aromatic carbocycles. The molecule has 0 saturated heterocycles. The van der Waals surface area contributed by atoms with Crippen LogP contribution in [0.5, 0.6) is 0 Å². The molecule has 2 rings (SSSR count). The molecule has 0 aliphatic rings. The van der Waals surface area contributed by atoms with E-state index < -0.39 is 0 Å². The average molecular weight is 143 g/mol. The Labute approximate surface area is 64.9 Å². The summed E-state index contributed by atoms with van der Waals surface area (Å²) in [5.74, 6) is 0. The van der Waals surface area contributed by atoms with Crippen LogP contribution in [0, 0.1) is 6.92 Å². The highest BCUT2D eigenvalue weighted by molar-refractivity contribution is 5.74. The van der Waals surface area contributed by atoms with E-state index in [0.717, 1.165) is 16.7 Å². The molecule has 0 fully saturated rings. The molecule has 0 atom stereocenters. The highest BCUT2D eigenvalue weighted by Crippen LogP contribution is 2.07. The Morgan fingerprint density at radius 3 is 3.00 bits per heavy atom. The van der Waals surface area contributed by atoms with Gasteiger partial charge in [0.2, 0.25) is 0 Å². The molecule has 0 bridgehead atoms. The second-order valence-electron chi connectivity index (χ2n) is 2.35. The largest absolute Gasteiger partial charge is 0.237 e. The third-order valence-electron chi connectivity index (χ3n) is 1.52. The van der Waals surface area contributed by atoms with Gasteiger partial charge in [0.05, 0.1) is 0 Å². The van der Waals surface area contributed by atoms with Crippen LogP contribution in [0.4, 0.5) is 0 Å². The molecular weight excluding hydrogens is 136 g/mol. The summed E-state index contributed by atoms with van der Waals surface area (Å²) >= 11 is 0. The van der Waals surface area contributed by atoms with Crippen molar-refractivity contribution in [1.29, 1.82) is 0 Å². The van der Waals surface area contributed by atoms with Crippen LogP contribution in [-0.4, -0.2) is 9.97 Å². The summed E-state index contributed by atoms with van der Waals surface area (Å²) in [5.41, 5.74) is 1.52. The fourth-order valence-corrected chi connectivity index (χ4v) is 0.992. The van der Waals surface area contributed by atoms with Crippen molar-refractivity contribution in [3.05, 3.63) is 43.1 Å². The summed E-state index contributed by atoms with van der Waals surface area (Å²) in [4.78, 5) is 8.24. The van der Waals surface area contributed by atoms with Crippen LogP contribution in [0.3, 0.4) is 0 Å². The number of fused-ring (bicyclic) bond motifs is 1. The third kappa shape index (κ3) is 1.07. The van der Waals surface area contributed by atoms with E-state index in [-0.39, 0.29) is 0 Å². The fourth-order valence-electron chi connectivity index (χ4n) is 0.992. The fraction of sp³-hybridized carbons (Fsp3) is 0. The first kappa shape index (κ1) is 6.28. The molecule has 2 heterocycles. The van der Waals surface area contributed by atoms with E-state index >= 15 is 0 Å². The molecule has 11 heavy (non-hydrogen) atoms. The van der Waals surface area contributed by atoms with Crippen molar-refractivity contribution in [2.24, 2.45) is 0 Å². The molecule has 0 aliphatic heterocycles. The highest BCUT2D eigenvalue weighted by atomic mass is 14.8. The van der Waals surface area contributed by atoms with Gasteiger partial charge in [-0.05, 0) is 31.2 Å². The lowest BCUT2D eigenvalue weighted by Crippen LogP contribution is -1.84. The molecule has 0 spiro atoms. The van der Waals surface area contributed by atoms with Crippen LogP contribution in [0.25, 0.3) is 11.0 Å². The Morgan fingerprint density at radius 2 is 2.09 bits per heavy atom. The summed E-state index contributed by atoms with van der Waals surface area (Å²) in [7, 11) is 0. The molecule has 0 saturated carbocycles. The molecule has 1 radical (unpaired) electrons. The maximum atomic E-state index is 4.15. The molecular formula is C9H7N2. The van der Waals surface area contributed by atoms with Gasteiger partial charge in [0.25, 0.3) is 0 Å². The monoisotopic (exact) mass is 143 g/mol. The van der Waals surface area contributed by atoms with Gasteiger partial charge in [0.15, 0.2) is 5.65 Å². The van der Waals surface area contributed by atoms with E-state index in [1.54, 1.807) is 6.20 Å². The van der Waals surface area contributed by atoms with Crippen molar-refractivity contribution in [1.82, 2.24) is 9.97 Å². The van der Waals surface area contributed by atoms with Gasteiger partial charge in [0, 0.05) is 17.3 Å². The highest BCUT2D eigenvalue weighted by Gasteiger charge is 1.92. The molecule has 2 nitrogen and oxygen atoms in total. The van der Waals surface area contributed by atoms with Gasteiger partial charge in [-0.3, -0.25) is 0 Å². The standard InChI is InChI=1S/C9H7N2/c1-7-4-5-8-3-2-6-10-9(8)11-7/h2-6H,1H2. The van der Waals surface area contributed by atoms with Crippen molar-refractivity contribution in [3.63, 3.8) is 0 Å². The number of hydrogen-bond acceptors (Lipinski definition) is 2. The average Bonchev–Trinajstić information content (AvgIpc) is 2.04. The zero-order chi connectivity index (χ0) is 7.68. The van der Waals surface area contributed by atoms with Gasteiger partial charge in [-0.1, -0.05) is 0 Å². The van der Waals surface area contributed by atoms with Gasteiger partial charge in [0.1, 0.15) is 0 Å². The Morgan fingerprint density at radius 1 is 1.18 bits per heavy atom. The minimum atomic E-state index is 0.760. The van der Waals surface area contributed by atoms with Crippen molar-refractivity contribution in [2.75, 3.05) is 0 Å². The summed E-state index contributed by atoms with van der Waals surface area (Å²) in [6.45, 7) is 3.72. The number of pyridine rings is 2. The van der Waals surface area contributed by atoms with E-state index in [0.29, 0.717) is 0 Å². The Bertz CT molecular complexity index is 382. The van der Waals surface area contributed by atoms with E-state index in [1.807, 2.05) is 24.3 Å². The van der Waals surface area contributed by atoms with Crippen molar-refractivity contribution in [2.45, 2.75) is 0 Å². The smallest absolute Gasteiger partial charge is 0.159 e. The number of nitrogens with zero attached hydrogens (tertiary/aromatic N) is 2. The maximum Gasteiger partial charge on any atom is 0.159 e. The van der Waals surface area contributed by atoms with E-state index in [4.69, 9.17) is 0 Å². The summed E-state index contributed by atoms with van der Waals surface area (Å²) in [6.07, 6.45) is 1.73. The molecule has 0 amide bonds. The molecule has 0 unspecified atom stereocenters. The predicted octanol–water partition coefficient (Wildman–Crippen LogP) is 1.81.